The van der Waals surface area contributed by atoms with Gasteiger partial charge in [-0.05, 0) is 24.6 Å². The molecule has 1 heterocycles. The zero-order valence-electron chi connectivity index (χ0n) is 13.3. The third-order valence-corrected chi connectivity index (χ3v) is 6.40. The van der Waals surface area contributed by atoms with Crippen LogP contribution in [0.2, 0.25) is 0 Å². The maximum atomic E-state index is 12.6. The summed E-state index contributed by atoms with van der Waals surface area (Å²) < 4.78 is 26.9. The third kappa shape index (κ3) is 3.47. The average Bonchev–Trinajstić information content (AvgIpc) is 2.63. The molecule has 0 bridgehead atoms. The standard InChI is InChI=1S/C18H22N2O2S/c1-16(17-8-4-2-5-9-17)19-12-14-20(15-13-19)23(21,22)18-10-6-3-7-11-18/h2-11,16H,12-15H2,1H3. The highest BCUT2D eigenvalue weighted by atomic mass is 32.2. The number of benzene rings is 2. The van der Waals surface area contributed by atoms with E-state index < -0.39 is 10.0 Å². The lowest BCUT2D eigenvalue weighted by Crippen LogP contribution is -2.49. The van der Waals surface area contributed by atoms with E-state index in [0.717, 1.165) is 13.1 Å². The van der Waals surface area contributed by atoms with Crippen LogP contribution in [0.3, 0.4) is 0 Å². The zero-order valence-corrected chi connectivity index (χ0v) is 14.1. The Morgan fingerprint density at radius 1 is 0.826 bits per heavy atom. The lowest BCUT2D eigenvalue weighted by molar-refractivity contribution is 0.146. The summed E-state index contributed by atoms with van der Waals surface area (Å²) in [7, 11) is -3.37. The Morgan fingerprint density at radius 3 is 1.91 bits per heavy atom. The van der Waals surface area contributed by atoms with E-state index in [1.54, 1.807) is 28.6 Å². The number of rotatable bonds is 4. The van der Waals surface area contributed by atoms with Gasteiger partial charge in [0.15, 0.2) is 0 Å². The largest absolute Gasteiger partial charge is 0.294 e. The molecular formula is C18H22N2O2S. The van der Waals surface area contributed by atoms with Gasteiger partial charge >= 0.3 is 0 Å². The number of hydrogen-bond donors (Lipinski definition) is 0. The van der Waals surface area contributed by atoms with Crippen LogP contribution in [0.4, 0.5) is 0 Å². The summed E-state index contributed by atoms with van der Waals surface area (Å²) in [6, 6.07) is 19.3. The molecule has 1 saturated heterocycles. The van der Waals surface area contributed by atoms with Crippen molar-refractivity contribution in [3.05, 3.63) is 66.2 Å². The number of nitrogens with zero attached hydrogens (tertiary/aromatic N) is 2. The maximum absolute atomic E-state index is 12.6. The van der Waals surface area contributed by atoms with Crippen LogP contribution in [0.1, 0.15) is 18.5 Å². The van der Waals surface area contributed by atoms with Crippen molar-refractivity contribution < 1.29 is 8.42 Å². The third-order valence-electron chi connectivity index (χ3n) is 4.48. The fraction of sp³-hybridized carbons (Fsp3) is 0.333. The van der Waals surface area contributed by atoms with Gasteiger partial charge in [0.1, 0.15) is 0 Å². The first-order valence-electron chi connectivity index (χ1n) is 7.93. The van der Waals surface area contributed by atoms with Crippen LogP contribution < -0.4 is 0 Å². The van der Waals surface area contributed by atoms with Gasteiger partial charge in [-0.2, -0.15) is 4.31 Å². The molecule has 0 spiro atoms. The van der Waals surface area contributed by atoms with Crippen LogP contribution in [0, 0.1) is 0 Å². The zero-order chi connectivity index (χ0) is 16.3. The Bertz CT molecular complexity index is 724. The molecule has 23 heavy (non-hydrogen) atoms. The van der Waals surface area contributed by atoms with E-state index in [1.165, 1.54) is 5.56 Å². The summed E-state index contributed by atoms with van der Waals surface area (Å²) in [6.45, 7) is 4.75. The molecule has 1 fully saturated rings. The SMILES string of the molecule is CC(c1ccccc1)N1CCN(S(=O)(=O)c2ccccc2)CC1. The first-order valence-corrected chi connectivity index (χ1v) is 9.37. The molecule has 0 amide bonds. The van der Waals surface area contributed by atoms with Gasteiger partial charge in [0.05, 0.1) is 4.90 Å². The molecular weight excluding hydrogens is 308 g/mol. The van der Waals surface area contributed by atoms with E-state index in [2.05, 4.69) is 24.0 Å². The molecule has 1 aliphatic rings. The summed E-state index contributed by atoms with van der Waals surface area (Å²) in [5.41, 5.74) is 1.27. The Balaban J connectivity index is 1.67. The molecule has 1 aliphatic heterocycles. The molecule has 1 atom stereocenters. The van der Waals surface area contributed by atoms with E-state index in [1.807, 2.05) is 24.3 Å². The van der Waals surface area contributed by atoms with Crippen molar-refractivity contribution in [1.82, 2.24) is 9.21 Å². The number of sulfonamides is 1. The molecule has 0 aromatic heterocycles. The van der Waals surface area contributed by atoms with Crippen LogP contribution in [0.15, 0.2) is 65.6 Å². The lowest BCUT2D eigenvalue weighted by Gasteiger charge is -2.37. The summed E-state index contributed by atoms with van der Waals surface area (Å²) in [5.74, 6) is 0. The predicted octanol–water partition coefficient (Wildman–Crippen LogP) is 2.75. The van der Waals surface area contributed by atoms with E-state index in [4.69, 9.17) is 0 Å². The highest BCUT2D eigenvalue weighted by Gasteiger charge is 2.30. The molecule has 1 unspecified atom stereocenters. The van der Waals surface area contributed by atoms with Gasteiger partial charge in [-0.3, -0.25) is 4.90 Å². The molecule has 122 valence electrons. The number of hydrogen-bond acceptors (Lipinski definition) is 3. The second kappa shape index (κ2) is 6.83. The van der Waals surface area contributed by atoms with Gasteiger partial charge in [-0.15, -0.1) is 0 Å². The molecule has 0 N–H and O–H groups in total. The van der Waals surface area contributed by atoms with E-state index in [9.17, 15) is 8.42 Å². The van der Waals surface area contributed by atoms with Crippen LogP contribution in [0.25, 0.3) is 0 Å². The molecule has 0 aliphatic carbocycles. The number of piperazine rings is 1. The smallest absolute Gasteiger partial charge is 0.243 e. The first kappa shape index (κ1) is 16.2. The van der Waals surface area contributed by atoms with Crippen molar-refractivity contribution >= 4 is 10.0 Å². The van der Waals surface area contributed by atoms with E-state index >= 15 is 0 Å². The maximum Gasteiger partial charge on any atom is 0.243 e. The highest BCUT2D eigenvalue weighted by molar-refractivity contribution is 7.89. The van der Waals surface area contributed by atoms with Crippen molar-refractivity contribution in [2.24, 2.45) is 0 Å². The Morgan fingerprint density at radius 2 is 1.35 bits per heavy atom. The molecule has 5 heteroatoms. The summed E-state index contributed by atoms with van der Waals surface area (Å²) >= 11 is 0. The van der Waals surface area contributed by atoms with Crippen LogP contribution in [-0.4, -0.2) is 43.8 Å². The Kier molecular flexibility index (Phi) is 4.80. The molecule has 3 rings (SSSR count). The van der Waals surface area contributed by atoms with Gasteiger partial charge in [-0.1, -0.05) is 48.5 Å². The quantitative estimate of drug-likeness (QED) is 0.865. The highest BCUT2D eigenvalue weighted by Crippen LogP contribution is 2.23. The topological polar surface area (TPSA) is 40.6 Å². The van der Waals surface area contributed by atoms with Gasteiger partial charge in [0.25, 0.3) is 0 Å². The summed E-state index contributed by atoms with van der Waals surface area (Å²) in [5, 5.41) is 0. The fourth-order valence-electron chi connectivity index (χ4n) is 3.02. The summed E-state index contributed by atoms with van der Waals surface area (Å²) in [6.07, 6.45) is 0. The molecule has 0 saturated carbocycles. The monoisotopic (exact) mass is 330 g/mol. The predicted molar refractivity (Wildman–Crippen MR) is 91.6 cm³/mol. The molecule has 0 radical (unpaired) electrons. The molecule has 4 nitrogen and oxygen atoms in total. The van der Waals surface area contributed by atoms with Crippen molar-refractivity contribution in [3.8, 4) is 0 Å². The van der Waals surface area contributed by atoms with Crippen molar-refractivity contribution in [2.45, 2.75) is 17.9 Å². The van der Waals surface area contributed by atoms with Crippen LogP contribution in [-0.2, 0) is 10.0 Å². The minimum Gasteiger partial charge on any atom is -0.294 e. The van der Waals surface area contributed by atoms with Gasteiger partial charge in [0, 0.05) is 32.2 Å². The minimum absolute atomic E-state index is 0.303. The molecule has 2 aromatic rings. The summed E-state index contributed by atoms with van der Waals surface area (Å²) in [4.78, 5) is 2.72. The van der Waals surface area contributed by atoms with Gasteiger partial charge in [-0.25, -0.2) is 8.42 Å². The molecule has 2 aromatic carbocycles. The first-order chi connectivity index (χ1) is 11.1. The average molecular weight is 330 g/mol. The van der Waals surface area contributed by atoms with E-state index in [-0.39, 0.29) is 0 Å². The van der Waals surface area contributed by atoms with Crippen molar-refractivity contribution in [1.29, 1.82) is 0 Å². The normalized spacial score (nSPS) is 18.7. The Hall–Kier alpha value is -1.69. The van der Waals surface area contributed by atoms with Crippen LogP contribution in [0.5, 0.6) is 0 Å². The lowest BCUT2D eigenvalue weighted by atomic mass is 10.1. The van der Waals surface area contributed by atoms with Crippen LogP contribution >= 0.6 is 0 Å². The Labute approximate surface area is 138 Å². The second-order valence-corrected chi connectivity index (χ2v) is 7.78. The van der Waals surface area contributed by atoms with Crippen molar-refractivity contribution in [3.63, 3.8) is 0 Å². The van der Waals surface area contributed by atoms with Gasteiger partial charge in [0.2, 0.25) is 10.0 Å². The minimum atomic E-state index is -3.37. The van der Waals surface area contributed by atoms with Gasteiger partial charge < -0.3 is 0 Å². The second-order valence-electron chi connectivity index (χ2n) is 5.84. The fourth-order valence-corrected chi connectivity index (χ4v) is 4.46. The van der Waals surface area contributed by atoms with Crippen molar-refractivity contribution in [2.75, 3.05) is 26.2 Å². The van der Waals surface area contributed by atoms with E-state index in [0.29, 0.717) is 24.0 Å².